The van der Waals surface area contributed by atoms with Crippen LogP contribution in [0.5, 0.6) is 5.75 Å². The molecule has 33 heavy (non-hydrogen) atoms. The number of amides is 4. The molecule has 0 spiro atoms. The molecular formula is C23H21ClN4O4S. The Labute approximate surface area is 199 Å². The van der Waals surface area contributed by atoms with Crippen molar-refractivity contribution in [3.05, 3.63) is 75.8 Å². The average molecular weight is 485 g/mol. The second-order valence-corrected chi connectivity index (χ2v) is 9.21. The standard InChI is InChI=1S/C23H21ClN4O4S/c1-23(15-6-8-17(32-2)9-7-15)20(30)28(22(31)27-23)13-19(29)26-21-25-12-18(33-21)11-14-4-3-5-16(24)10-14/h3-10,12H,11,13H2,1-2H3,(H,27,31)(H,25,26,29). The Hall–Kier alpha value is -3.43. The number of carbonyl (C=O) groups excluding carboxylic acids is 3. The van der Waals surface area contributed by atoms with E-state index in [9.17, 15) is 14.4 Å². The monoisotopic (exact) mass is 484 g/mol. The quantitative estimate of drug-likeness (QED) is 0.497. The molecule has 4 amide bonds. The highest BCUT2D eigenvalue weighted by Gasteiger charge is 2.49. The van der Waals surface area contributed by atoms with Gasteiger partial charge in [-0.15, -0.1) is 11.3 Å². The lowest BCUT2D eigenvalue weighted by atomic mass is 9.92. The second kappa shape index (κ2) is 9.21. The first-order chi connectivity index (χ1) is 15.8. The maximum Gasteiger partial charge on any atom is 0.325 e. The molecule has 8 nitrogen and oxygen atoms in total. The zero-order valence-electron chi connectivity index (χ0n) is 17.9. The van der Waals surface area contributed by atoms with Crippen molar-refractivity contribution < 1.29 is 19.1 Å². The van der Waals surface area contributed by atoms with Crippen LogP contribution in [-0.4, -0.2) is 41.4 Å². The summed E-state index contributed by atoms with van der Waals surface area (Å²) >= 11 is 7.34. The number of carbonyl (C=O) groups is 3. The summed E-state index contributed by atoms with van der Waals surface area (Å²) in [5, 5.41) is 6.39. The number of imide groups is 1. The number of benzene rings is 2. The number of anilines is 1. The summed E-state index contributed by atoms with van der Waals surface area (Å²) < 4.78 is 5.14. The molecule has 2 heterocycles. The number of nitrogens with one attached hydrogen (secondary N) is 2. The summed E-state index contributed by atoms with van der Waals surface area (Å²) in [4.78, 5) is 44.1. The zero-order valence-corrected chi connectivity index (χ0v) is 19.5. The number of thiazole rings is 1. The minimum absolute atomic E-state index is 0.391. The van der Waals surface area contributed by atoms with Gasteiger partial charge < -0.3 is 15.4 Å². The number of hydrogen-bond donors (Lipinski definition) is 2. The molecule has 0 saturated carbocycles. The average Bonchev–Trinajstić information content (AvgIpc) is 3.31. The first-order valence-corrected chi connectivity index (χ1v) is 11.3. The van der Waals surface area contributed by atoms with Gasteiger partial charge in [-0.1, -0.05) is 35.9 Å². The Balaban J connectivity index is 1.39. The molecule has 0 aliphatic carbocycles. The van der Waals surface area contributed by atoms with Gasteiger partial charge in [0, 0.05) is 22.5 Å². The van der Waals surface area contributed by atoms with Crippen LogP contribution < -0.4 is 15.4 Å². The topological polar surface area (TPSA) is 101 Å². The third kappa shape index (κ3) is 4.84. The van der Waals surface area contributed by atoms with Gasteiger partial charge >= 0.3 is 6.03 Å². The summed E-state index contributed by atoms with van der Waals surface area (Å²) in [6.07, 6.45) is 2.30. The fourth-order valence-corrected chi connectivity index (χ4v) is 4.63. The van der Waals surface area contributed by atoms with Gasteiger partial charge in [0.2, 0.25) is 5.91 Å². The Morgan fingerprint density at radius 3 is 2.70 bits per heavy atom. The Morgan fingerprint density at radius 2 is 2.00 bits per heavy atom. The third-order valence-corrected chi connectivity index (χ3v) is 6.46. The Morgan fingerprint density at radius 1 is 1.24 bits per heavy atom. The number of hydrogen-bond acceptors (Lipinski definition) is 6. The van der Waals surface area contributed by atoms with E-state index in [0.717, 1.165) is 15.3 Å². The van der Waals surface area contributed by atoms with Gasteiger partial charge in [0.15, 0.2) is 5.13 Å². The van der Waals surface area contributed by atoms with Crippen molar-refractivity contribution in [2.75, 3.05) is 19.0 Å². The van der Waals surface area contributed by atoms with E-state index in [1.54, 1.807) is 50.6 Å². The van der Waals surface area contributed by atoms with Crippen LogP contribution in [0.15, 0.2) is 54.7 Å². The van der Waals surface area contributed by atoms with Gasteiger partial charge in [-0.25, -0.2) is 9.78 Å². The van der Waals surface area contributed by atoms with Gasteiger partial charge in [-0.2, -0.15) is 0 Å². The van der Waals surface area contributed by atoms with E-state index >= 15 is 0 Å². The van der Waals surface area contributed by atoms with Crippen molar-refractivity contribution in [1.82, 2.24) is 15.2 Å². The van der Waals surface area contributed by atoms with Crippen molar-refractivity contribution in [2.45, 2.75) is 18.9 Å². The first-order valence-electron chi connectivity index (χ1n) is 10.1. The lowest BCUT2D eigenvalue weighted by Gasteiger charge is -2.22. The third-order valence-electron chi connectivity index (χ3n) is 5.31. The summed E-state index contributed by atoms with van der Waals surface area (Å²) in [5.41, 5.74) is 0.353. The van der Waals surface area contributed by atoms with Crippen LogP contribution in [0, 0.1) is 0 Å². The van der Waals surface area contributed by atoms with E-state index in [-0.39, 0.29) is 0 Å². The van der Waals surface area contributed by atoms with Crippen LogP contribution in [0.4, 0.5) is 9.93 Å². The van der Waals surface area contributed by atoms with E-state index in [2.05, 4.69) is 15.6 Å². The second-order valence-electron chi connectivity index (χ2n) is 7.66. The van der Waals surface area contributed by atoms with Crippen LogP contribution in [0.1, 0.15) is 22.9 Å². The molecule has 1 aromatic heterocycles. The van der Waals surface area contributed by atoms with Gasteiger partial charge in [-0.3, -0.25) is 14.5 Å². The van der Waals surface area contributed by atoms with E-state index in [1.807, 2.05) is 18.2 Å². The molecule has 1 saturated heterocycles. The number of nitrogens with zero attached hydrogens (tertiary/aromatic N) is 2. The molecule has 1 aliphatic rings. The highest BCUT2D eigenvalue weighted by molar-refractivity contribution is 7.15. The number of rotatable bonds is 7. The van der Waals surface area contributed by atoms with E-state index in [0.29, 0.717) is 27.9 Å². The van der Waals surface area contributed by atoms with Crippen molar-refractivity contribution in [3.63, 3.8) is 0 Å². The molecule has 1 fully saturated rings. The van der Waals surface area contributed by atoms with Crippen LogP contribution >= 0.6 is 22.9 Å². The fourth-order valence-electron chi connectivity index (χ4n) is 3.56. The maximum absolute atomic E-state index is 13.0. The lowest BCUT2D eigenvalue weighted by Crippen LogP contribution is -2.42. The molecule has 4 rings (SSSR count). The fraction of sp³-hybridized carbons (Fsp3) is 0.217. The smallest absolute Gasteiger partial charge is 0.325 e. The Bertz CT molecular complexity index is 1210. The molecule has 1 aliphatic heterocycles. The minimum atomic E-state index is -1.27. The first kappa shape index (κ1) is 22.8. The summed E-state index contributed by atoms with van der Waals surface area (Å²) in [5.74, 6) is -0.386. The molecule has 2 aromatic carbocycles. The highest BCUT2D eigenvalue weighted by atomic mass is 35.5. The lowest BCUT2D eigenvalue weighted by molar-refractivity contribution is -0.133. The highest BCUT2D eigenvalue weighted by Crippen LogP contribution is 2.30. The molecule has 1 atom stereocenters. The van der Waals surface area contributed by atoms with E-state index in [1.165, 1.54) is 11.3 Å². The molecule has 0 bridgehead atoms. The number of methoxy groups -OCH3 is 1. The predicted molar refractivity (Wildman–Crippen MR) is 126 cm³/mol. The van der Waals surface area contributed by atoms with Crippen molar-refractivity contribution in [1.29, 1.82) is 0 Å². The largest absolute Gasteiger partial charge is 0.497 e. The molecule has 3 aromatic rings. The van der Waals surface area contributed by atoms with Crippen molar-refractivity contribution in [3.8, 4) is 5.75 Å². The maximum atomic E-state index is 13.0. The van der Waals surface area contributed by atoms with Gasteiger partial charge in [0.25, 0.3) is 5.91 Å². The molecule has 170 valence electrons. The molecule has 0 radical (unpaired) electrons. The molecule has 10 heteroatoms. The van der Waals surface area contributed by atoms with Crippen molar-refractivity contribution >= 4 is 45.9 Å². The van der Waals surface area contributed by atoms with Gasteiger partial charge in [0.1, 0.15) is 17.8 Å². The normalized spacial score (nSPS) is 17.7. The minimum Gasteiger partial charge on any atom is -0.497 e. The van der Waals surface area contributed by atoms with E-state index < -0.39 is 29.9 Å². The predicted octanol–water partition coefficient (Wildman–Crippen LogP) is 3.80. The number of urea groups is 1. The molecule has 2 N–H and O–H groups in total. The number of aromatic nitrogens is 1. The summed E-state index contributed by atoms with van der Waals surface area (Å²) in [7, 11) is 1.54. The Kier molecular flexibility index (Phi) is 6.35. The van der Waals surface area contributed by atoms with Crippen molar-refractivity contribution in [2.24, 2.45) is 0 Å². The van der Waals surface area contributed by atoms with Crippen LogP contribution in [0.2, 0.25) is 5.02 Å². The summed E-state index contributed by atoms with van der Waals surface area (Å²) in [6.45, 7) is 1.19. The molecular weight excluding hydrogens is 464 g/mol. The van der Waals surface area contributed by atoms with Crippen LogP contribution in [0.25, 0.3) is 0 Å². The number of ether oxygens (including phenoxy) is 1. The van der Waals surface area contributed by atoms with Gasteiger partial charge in [0.05, 0.1) is 7.11 Å². The zero-order chi connectivity index (χ0) is 23.6. The van der Waals surface area contributed by atoms with Crippen LogP contribution in [0.3, 0.4) is 0 Å². The van der Waals surface area contributed by atoms with Crippen LogP contribution in [-0.2, 0) is 21.5 Å². The summed E-state index contributed by atoms with van der Waals surface area (Å²) in [6, 6.07) is 13.7. The van der Waals surface area contributed by atoms with E-state index in [4.69, 9.17) is 16.3 Å². The SMILES string of the molecule is COc1ccc(C2(C)NC(=O)N(CC(=O)Nc3ncc(Cc4cccc(Cl)c4)s3)C2=O)cc1. The molecule has 1 unspecified atom stereocenters. The number of halogens is 1. The van der Waals surface area contributed by atoms with Gasteiger partial charge in [-0.05, 0) is 42.3 Å².